The van der Waals surface area contributed by atoms with Gasteiger partial charge in [0.15, 0.2) is 0 Å². The largest absolute Gasteiger partial charge is 0.507 e. The van der Waals surface area contributed by atoms with E-state index in [2.05, 4.69) is 10.6 Å². The first-order chi connectivity index (χ1) is 18.5. The van der Waals surface area contributed by atoms with E-state index in [9.17, 15) is 29.4 Å². The second-order valence-electron chi connectivity index (χ2n) is 9.94. The summed E-state index contributed by atoms with van der Waals surface area (Å²) in [6, 6.07) is 12.6. The highest BCUT2D eigenvalue weighted by Crippen LogP contribution is 2.22. The topological polar surface area (TPSA) is 151 Å². The number of aromatic hydroxyl groups is 1. The van der Waals surface area contributed by atoms with Crippen LogP contribution in [0.1, 0.15) is 50.0 Å². The van der Waals surface area contributed by atoms with E-state index in [1.54, 1.807) is 19.1 Å². The Balaban J connectivity index is 2.00. The number of para-hydroxylation sites is 1. The molecule has 1 aliphatic rings. The summed E-state index contributed by atoms with van der Waals surface area (Å²) in [7, 11) is 0. The third kappa shape index (κ3) is 7.35. The molecule has 0 aliphatic carbocycles. The number of benzene rings is 2. The zero-order chi connectivity index (χ0) is 28.7. The molecule has 0 spiro atoms. The molecule has 3 rings (SSSR count). The van der Waals surface area contributed by atoms with Crippen molar-refractivity contribution in [3.05, 3.63) is 65.7 Å². The molecule has 1 saturated heterocycles. The maximum Gasteiger partial charge on any atom is 0.348 e. The van der Waals surface area contributed by atoms with Crippen LogP contribution < -0.4 is 10.6 Å². The normalized spacial score (nSPS) is 27.2. The van der Waals surface area contributed by atoms with E-state index in [0.29, 0.717) is 6.42 Å². The summed E-state index contributed by atoms with van der Waals surface area (Å²) in [5.74, 6) is -4.96. The predicted molar refractivity (Wildman–Crippen MR) is 141 cm³/mol. The second kappa shape index (κ2) is 13.2. The SMILES string of the molecule is CCC(C)C1OC(=O)C(C)C(O)C(Cc2ccccc2)NC(=O)C(NC(=O)c2ccccc2O)C(C)OC1=O. The first kappa shape index (κ1) is 29.6. The maximum absolute atomic E-state index is 13.6. The van der Waals surface area contributed by atoms with Gasteiger partial charge < -0.3 is 30.3 Å². The summed E-state index contributed by atoms with van der Waals surface area (Å²) in [6.07, 6.45) is -3.18. The van der Waals surface area contributed by atoms with Gasteiger partial charge in [0.1, 0.15) is 17.9 Å². The lowest BCUT2D eigenvalue weighted by molar-refractivity contribution is -0.180. The number of carbonyl (C=O) groups excluding carboxylic acids is 4. The van der Waals surface area contributed by atoms with E-state index in [1.807, 2.05) is 37.3 Å². The molecular weight excluding hydrogens is 504 g/mol. The molecule has 0 aromatic heterocycles. The Morgan fingerprint density at radius 1 is 1.00 bits per heavy atom. The van der Waals surface area contributed by atoms with Crippen LogP contribution in [0, 0.1) is 11.8 Å². The Hall–Kier alpha value is -3.92. The molecule has 7 unspecified atom stereocenters. The quantitative estimate of drug-likeness (QED) is 0.407. The van der Waals surface area contributed by atoms with E-state index in [-0.39, 0.29) is 17.7 Å². The van der Waals surface area contributed by atoms with Gasteiger partial charge >= 0.3 is 11.9 Å². The molecule has 1 heterocycles. The molecule has 0 radical (unpaired) electrons. The summed E-state index contributed by atoms with van der Waals surface area (Å²) < 4.78 is 11.1. The van der Waals surface area contributed by atoms with E-state index in [4.69, 9.17) is 9.47 Å². The van der Waals surface area contributed by atoms with Crippen molar-refractivity contribution in [1.29, 1.82) is 0 Å². The lowest BCUT2D eigenvalue weighted by Gasteiger charge is -2.34. The predicted octanol–water partition coefficient (Wildman–Crippen LogP) is 2.12. The summed E-state index contributed by atoms with van der Waals surface area (Å²) in [5, 5.41) is 26.6. The van der Waals surface area contributed by atoms with Crippen molar-refractivity contribution in [2.75, 3.05) is 0 Å². The fourth-order valence-electron chi connectivity index (χ4n) is 4.33. The van der Waals surface area contributed by atoms with Crippen LogP contribution in [0.2, 0.25) is 0 Å². The number of cyclic esters (lactones) is 2. The van der Waals surface area contributed by atoms with Gasteiger partial charge in [-0.1, -0.05) is 56.3 Å². The number of amides is 2. The zero-order valence-electron chi connectivity index (χ0n) is 22.5. The fourth-order valence-corrected chi connectivity index (χ4v) is 4.33. The summed E-state index contributed by atoms with van der Waals surface area (Å²) in [4.78, 5) is 52.7. The minimum Gasteiger partial charge on any atom is -0.507 e. The second-order valence-corrected chi connectivity index (χ2v) is 9.94. The number of hydrogen-bond acceptors (Lipinski definition) is 8. The Kier molecular flexibility index (Phi) is 10.1. The van der Waals surface area contributed by atoms with Crippen LogP contribution in [-0.4, -0.2) is 64.4 Å². The number of ether oxygens (including phenoxy) is 2. The van der Waals surface area contributed by atoms with E-state index in [0.717, 1.165) is 5.56 Å². The molecule has 1 aliphatic heterocycles. The molecule has 2 aromatic rings. The lowest BCUT2D eigenvalue weighted by Crippen LogP contribution is -2.59. The Labute approximate surface area is 227 Å². The zero-order valence-corrected chi connectivity index (χ0v) is 22.5. The maximum atomic E-state index is 13.6. The fraction of sp³-hybridized carbons (Fsp3) is 0.448. The van der Waals surface area contributed by atoms with Crippen molar-refractivity contribution in [3.8, 4) is 5.75 Å². The molecule has 2 amide bonds. The molecular formula is C29H36N2O8. The van der Waals surface area contributed by atoms with Gasteiger partial charge in [-0.05, 0) is 44.4 Å². The Morgan fingerprint density at radius 3 is 2.28 bits per heavy atom. The molecule has 7 atom stereocenters. The number of phenols is 1. The molecule has 10 heteroatoms. The number of aliphatic hydroxyl groups excluding tert-OH is 1. The van der Waals surface area contributed by atoms with Gasteiger partial charge in [0.2, 0.25) is 12.0 Å². The number of aliphatic hydroxyl groups is 1. The average Bonchev–Trinajstić information content (AvgIpc) is 2.92. The van der Waals surface area contributed by atoms with Gasteiger partial charge in [0.25, 0.3) is 5.91 Å². The number of nitrogens with one attached hydrogen (secondary N) is 2. The molecule has 1 fully saturated rings. The van der Waals surface area contributed by atoms with Crippen LogP contribution in [0.5, 0.6) is 5.75 Å². The minimum atomic E-state index is -1.39. The van der Waals surface area contributed by atoms with Crippen molar-refractivity contribution in [3.63, 3.8) is 0 Å². The molecule has 0 bridgehead atoms. The first-order valence-electron chi connectivity index (χ1n) is 13.1. The van der Waals surface area contributed by atoms with Crippen molar-refractivity contribution in [1.82, 2.24) is 10.6 Å². The van der Waals surface area contributed by atoms with Crippen molar-refractivity contribution < 1.29 is 38.9 Å². The first-order valence-corrected chi connectivity index (χ1v) is 13.1. The smallest absolute Gasteiger partial charge is 0.348 e. The molecule has 0 saturated carbocycles. The number of hydrogen-bond donors (Lipinski definition) is 4. The lowest BCUT2D eigenvalue weighted by atomic mass is 9.92. The van der Waals surface area contributed by atoms with Gasteiger partial charge in [-0.3, -0.25) is 14.4 Å². The summed E-state index contributed by atoms with van der Waals surface area (Å²) in [5.41, 5.74) is 0.720. The number of esters is 2. The number of carbonyl (C=O) groups is 4. The van der Waals surface area contributed by atoms with Crippen molar-refractivity contribution in [2.24, 2.45) is 11.8 Å². The van der Waals surface area contributed by atoms with E-state index in [1.165, 1.54) is 26.0 Å². The molecule has 4 N–H and O–H groups in total. The van der Waals surface area contributed by atoms with Gasteiger partial charge in [0.05, 0.1) is 23.6 Å². The van der Waals surface area contributed by atoms with Crippen LogP contribution in [0.15, 0.2) is 54.6 Å². The average molecular weight is 541 g/mol. The third-order valence-corrected chi connectivity index (χ3v) is 7.05. The van der Waals surface area contributed by atoms with Gasteiger partial charge in [-0.15, -0.1) is 0 Å². The summed E-state index contributed by atoms with van der Waals surface area (Å²) in [6.45, 7) is 6.43. The third-order valence-electron chi connectivity index (χ3n) is 7.05. The molecule has 210 valence electrons. The van der Waals surface area contributed by atoms with Crippen LogP contribution in [0.3, 0.4) is 0 Å². The monoisotopic (exact) mass is 540 g/mol. The van der Waals surface area contributed by atoms with E-state index < -0.39 is 66.0 Å². The molecule has 2 aromatic carbocycles. The Morgan fingerprint density at radius 2 is 1.64 bits per heavy atom. The van der Waals surface area contributed by atoms with E-state index >= 15 is 0 Å². The highest BCUT2D eigenvalue weighted by Gasteiger charge is 2.41. The van der Waals surface area contributed by atoms with Crippen LogP contribution >= 0.6 is 0 Å². The van der Waals surface area contributed by atoms with Crippen LogP contribution in [0.25, 0.3) is 0 Å². The van der Waals surface area contributed by atoms with Gasteiger partial charge in [0, 0.05) is 5.92 Å². The standard InChI is InChI=1S/C29H36N2O8/c1-5-16(2)25-29(37)38-18(4)23(31-26(34)20-13-9-10-14-22(20)32)27(35)30-21(15-19-11-7-6-8-12-19)24(33)17(3)28(36)39-25/h6-14,16-18,21,23-25,32-33H,5,15H2,1-4H3,(H,30,35)(H,31,34). The van der Waals surface area contributed by atoms with Crippen molar-refractivity contribution >= 4 is 23.8 Å². The molecule has 10 nitrogen and oxygen atoms in total. The number of rotatable bonds is 6. The summed E-state index contributed by atoms with van der Waals surface area (Å²) >= 11 is 0. The number of phenolic OH excluding ortho intramolecular Hbond substituents is 1. The molecule has 39 heavy (non-hydrogen) atoms. The highest BCUT2D eigenvalue weighted by molar-refractivity contribution is 5.99. The van der Waals surface area contributed by atoms with Gasteiger partial charge in [-0.25, -0.2) is 4.79 Å². The Bertz CT molecular complexity index is 1170. The van der Waals surface area contributed by atoms with Gasteiger partial charge in [-0.2, -0.15) is 0 Å². The minimum absolute atomic E-state index is 0.0733. The van der Waals surface area contributed by atoms with Crippen LogP contribution in [0.4, 0.5) is 0 Å². The van der Waals surface area contributed by atoms with Crippen LogP contribution in [-0.2, 0) is 30.3 Å². The highest BCUT2D eigenvalue weighted by atomic mass is 16.6. The van der Waals surface area contributed by atoms with Crippen molar-refractivity contribution in [2.45, 2.75) is 70.9 Å².